The van der Waals surface area contributed by atoms with E-state index in [-0.39, 0.29) is 55.2 Å². The van der Waals surface area contributed by atoms with Crippen molar-refractivity contribution < 1.29 is 73.7 Å². The number of ether oxygens (including phenoxy) is 2. The Hall–Kier alpha value is 1.41. The van der Waals surface area contributed by atoms with E-state index in [9.17, 15) is 0 Å². The maximum absolute atomic E-state index is 8.52. The van der Waals surface area contributed by atoms with Crippen molar-refractivity contribution in [3.63, 3.8) is 0 Å². The average molecular weight is 1100 g/mol. The van der Waals surface area contributed by atoms with Gasteiger partial charge in [0, 0.05) is 45.0 Å². The zero-order chi connectivity index (χ0) is 41.9. The smallest absolute Gasteiger partial charge is 0.380 e. The number of hydrogen-bond acceptors (Lipinski definition) is 7. The molecule has 3 atom stereocenters. The van der Waals surface area contributed by atoms with E-state index in [1.54, 1.807) is 0 Å². The van der Waals surface area contributed by atoms with Crippen LogP contribution in [0.2, 0.25) is 0 Å². The Morgan fingerprint density at radius 1 is 0.678 bits per heavy atom. The molecule has 4 aliphatic rings. The van der Waals surface area contributed by atoms with Crippen LogP contribution in [-0.2, 0) is 73.7 Å². The van der Waals surface area contributed by atoms with Crippen LogP contribution in [0.4, 0.5) is 0 Å². The minimum absolute atomic E-state index is 0. The molecule has 0 spiro atoms. The summed E-state index contributed by atoms with van der Waals surface area (Å²) in [4.78, 5) is 2.33. The van der Waals surface area contributed by atoms with Gasteiger partial charge in [0.05, 0.1) is 32.3 Å². The molecule has 0 aliphatic heterocycles. The zero-order valence-electron chi connectivity index (χ0n) is 39.6. The molecule has 0 radical (unpaired) electrons. The Morgan fingerprint density at radius 2 is 1.20 bits per heavy atom. The molecule has 4 saturated carbocycles. The summed E-state index contributed by atoms with van der Waals surface area (Å²) in [5, 5.41) is 8.52. The molecule has 59 heavy (non-hydrogen) atoms. The molecular weight excluding hydrogens is 1010 g/mol. The maximum Gasteiger partial charge on any atom is 2.00 e. The third kappa shape index (κ3) is 44.4. The predicted molar refractivity (Wildman–Crippen MR) is 245 cm³/mol. The van der Waals surface area contributed by atoms with Crippen LogP contribution < -0.4 is 0 Å². The van der Waals surface area contributed by atoms with Crippen LogP contribution in [0, 0.1) is 62.7 Å². The maximum atomic E-state index is 8.52. The number of rotatable bonds is 24. The molecule has 4 rings (SSSR count). The molecule has 0 N–H and O–H groups in total. The van der Waals surface area contributed by atoms with Crippen LogP contribution in [0.25, 0.3) is 0 Å². The van der Waals surface area contributed by atoms with E-state index in [2.05, 4.69) is 82.9 Å². The van der Waals surface area contributed by atoms with E-state index in [4.69, 9.17) is 23.8 Å². The molecule has 11 heteroatoms. The van der Waals surface area contributed by atoms with Gasteiger partial charge in [-0.05, 0) is 40.5 Å². The minimum atomic E-state index is -1.08. The summed E-state index contributed by atoms with van der Waals surface area (Å²) in [6, 6.07) is 2.78. The van der Waals surface area contributed by atoms with Gasteiger partial charge in [-0.2, -0.15) is 62.5 Å². The number of nitrogens with zero attached hydrogens (tertiary/aromatic N) is 3. The van der Waals surface area contributed by atoms with Gasteiger partial charge >= 0.3 is 55.2 Å². The summed E-state index contributed by atoms with van der Waals surface area (Å²) >= 11 is 0. The first-order valence-electron chi connectivity index (χ1n) is 23.4. The molecule has 3 unspecified atom stereocenters. The summed E-state index contributed by atoms with van der Waals surface area (Å²) in [7, 11) is -1.08. The average Bonchev–Trinajstić information content (AvgIpc) is 4.07. The van der Waals surface area contributed by atoms with Crippen molar-refractivity contribution in [3.8, 4) is 6.07 Å². The molecule has 0 bridgehead atoms. The van der Waals surface area contributed by atoms with Gasteiger partial charge in [-0.1, -0.05) is 91.4 Å². The molecule has 0 aromatic heterocycles. The monoisotopic (exact) mass is 1100 g/mol. The third-order valence-electron chi connectivity index (χ3n) is 9.88. The molecule has 0 heterocycles. The molecule has 4 fully saturated rings. The van der Waals surface area contributed by atoms with Gasteiger partial charge in [0.15, 0.2) is 0 Å². The summed E-state index contributed by atoms with van der Waals surface area (Å²) in [5.74, 6) is 1.80. The van der Waals surface area contributed by atoms with Gasteiger partial charge < -0.3 is 63.0 Å². The van der Waals surface area contributed by atoms with Crippen molar-refractivity contribution in [3.05, 3.63) is 39.5 Å². The standard InChI is InChI=1S/C22H40NO2.C12H24N2O2P.2C5H9.2C2H6.2Fe.W/c1-2-23(15-19-24-17-7-13-21-9-3-4-10-21)16-20-25-18-8-14-22-11-5-6-12-22;1-6-9-15-17(16-10-7-8-13)14(11(2)3)12(4)5;2*1-2-4-5-3-1;2*1-2;;;/h3,11,21-22H,1-2,4-10,12-20H2;11-12H,1,6-7,9-10H2,2-5H3;2*1H,2-5H2;2*1-2H3;;;/q-3;3*-1;;;3*+2. The van der Waals surface area contributed by atoms with Gasteiger partial charge in [-0.25, -0.2) is 4.67 Å². The van der Waals surface area contributed by atoms with E-state index >= 15 is 0 Å². The van der Waals surface area contributed by atoms with Crippen LogP contribution in [-0.4, -0.2) is 80.9 Å². The SMILES string of the molecule is CC.CC.[CH-]1CCCC1.[CH-]1CCCC1.[CH2-]CCOP(OCCC#N)N(C(C)C)C(C)C.[CH2-]CN(CCOCCCC1[CH-]CCC1)CCOCCCC1C[CH-]CC1.[Fe+2].[Fe+2].[W+2]. The van der Waals surface area contributed by atoms with Crippen molar-refractivity contribution in [1.29, 1.82) is 5.26 Å². The number of nitriles is 1. The molecule has 7 nitrogen and oxygen atoms in total. The molecule has 0 aromatic carbocycles. The Bertz CT molecular complexity index is 738. The Kier molecular flexibility index (Phi) is 65.4. The molecule has 0 aromatic rings. The van der Waals surface area contributed by atoms with Crippen LogP contribution in [0.5, 0.6) is 0 Å². The van der Waals surface area contributed by atoms with Gasteiger partial charge in [0.2, 0.25) is 0 Å². The quantitative estimate of drug-likeness (QED) is 0.0413. The normalized spacial score (nSPS) is 18.2. The van der Waals surface area contributed by atoms with E-state index in [0.29, 0.717) is 31.7 Å². The Labute approximate surface area is 407 Å². The van der Waals surface area contributed by atoms with Crippen molar-refractivity contribution in [1.82, 2.24) is 9.57 Å². The number of hydrogen-bond donors (Lipinski definition) is 0. The molecule has 352 valence electrons. The zero-order valence-corrected chi connectivity index (χ0v) is 45.6. The minimum Gasteiger partial charge on any atom is -0.380 e. The summed E-state index contributed by atoms with van der Waals surface area (Å²) in [6.07, 6.45) is 35.3. The van der Waals surface area contributed by atoms with Crippen LogP contribution in [0.3, 0.4) is 0 Å². The topological polar surface area (TPSA) is 67.2 Å². The first-order chi connectivity index (χ1) is 27.4. The van der Waals surface area contributed by atoms with Crippen LogP contribution in [0.15, 0.2) is 0 Å². The van der Waals surface area contributed by atoms with Gasteiger partial charge in [0.25, 0.3) is 8.53 Å². The van der Waals surface area contributed by atoms with E-state index in [1.807, 2.05) is 27.7 Å². The van der Waals surface area contributed by atoms with E-state index in [0.717, 1.165) is 64.3 Å². The summed E-state index contributed by atoms with van der Waals surface area (Å²) in [5.41, 5.74) is 0. The van der Waals surface area contributed by atoms with Crippen molar-refractivity contribution in [2.45, 2.75) is 196 Å². The molecule has 0 amide bonds. The fourth-order valence-electron chi connectivity index (χ4n) is 6.95. The largest absolute Gasteiger partial charge is 2.00 e. The second-order valence-electron chi connectivity index (χ2n) is 15.1. The first kappa shape index (κ1) is 69.4. The Morgan fingerprint density at radius 3 is 1.59 bits per heavy atom. The molecular formula is C48H94Fe2N3O4PW. The van der Waals surface area contributed by atoms with E-state index < -0.39 is 8.53 Å². The van der Waals surface area contributed by atoms with Gasteiger partial charge in [-0.15, -0.1) is 6.54 Å². The van der Waals surface area contributed by atoms with Crippen molar-refractivity contribution in [2.75, 3.05) is 59.3 Å². The van der Waals surface area contributed by atoms with Crippen LogP contribution >= 0.6 is 8.53 Å². The second-order valence-corrected chi connectivity index (χ2v) is 16.6. The fraction of sp³-hybridized carbons (Fsp3) is 0.854. The summed E-state index contributed by atoms with van der Waals surface area (Å²) in [6.45, 7) is 31.5. The molecule has 0 saturated heterocycles. The fourth-order valence-corrected chi connectivity index (χ4v) is 8.58. The van der Waals surface area contributed by atoms with Gasteiger partial charge in [-0.3, -0.25) is 0 Å². The van der Waals surface area contributed by atoms with Gasteiger partial charge in [0.1, 0.15) is 0 Å². The van der Waals surface area contributed by atoms with E-state index in [1.165, 1.54) is 116 Å². The van der Waals surface area contributed by atoms with Crippen molar-refractivity contribution in [2.24, 2.45) is 11.8 Å². The summed E-state index contributed by atoms with van der Waals surface area (Å²) < 4.78 is 25.2. The molecule has 4 aliphatic carbocycles. The second kappa shape index (κ2) is 55.5. The Balaban J connectivity index is -0.000000246. The van der Waals surface area contributed by atoms with Crippen molar-refractivity contribution >= 4 is 8.53 Å². The third-order valence-corrected chi connectivity index (χ3v) is 12.0. The van der Waals surface area contributed by atoms with Crippen LogP contribution in [0.1, 0.15) is 184 Å². The first-order valence-corrected chi connectivity index (χ1v) is 24.5. The predicted octanol–water partition coefficient (Wildman–Crippen LogP) is 13.8.